The lowest BCUT2D eigenvalue weighted by atomic mass is 9.91. The third kappa shape index (κ3) is 7.42. The minimum Gasteiger partial charge on any atom is -0.481 e. The Hall–Kier alpha value is -3.16. The number of unbranched alkanes of at least 4 members (excludes halogenated alkanes) is 1. The number of allylic oxidation sites excluding steroid dienone is 3. The number of carboxylic acids is 1. The van der Waals surface area contributed by atoms with Gasteiger partial charge in [-0.25, -0.2) is 0 Å². The molecule has 1 aromatic heterocycles. The van der Waals surface area contributed by atoms with Crippen LogP contribution in [0.1, 0.15) is 42.0 Å². The molecule has 1 aliphatic rings. The fraction of sp³-hybridized carbons (Fsp3) is 0.276. The average Bonchev–Trinajstić information content (AvgIpc) is 3.43. The first-order valence-corrected chi connectivity index (χ1v) is 14.1. The highest BCUT2D eigenvalue weighted by molar-refractivity contribution is 7.99. The topological polar surface area (TPSA) is 74.0 Å². The van der Waals surface area contributed by atoms with E-state index >= 15 is 0 Å². The Morgan fingerprint density at radius 2 is 1.92 bits per heavy atom. The van der Waals surface area contributed by atoms with Gasteiger partial charge < -0.3 is 10.4 Å². The van der Waals surface area contributed by atoms with Crippen LogP contribution < -0.4 is 5.32 Å². The van der Waals surface area contributed by atoms with Crippen molar-refractivity contribution < 1.29 is 9.90 Å². The summed E-state index contributed by atoms with van der Waals surface area (Å²) < 4.78 is 0. The van der Waals surface area contributed by atoms with E-state index in [-0.39, 0.29) is 6.42 Å². The molecule has 1 unspecified atom stereocenters. The predicted molar refractivity (Wildman–Crippen MR) is 151 cm³/mol. The number of hydrogen-bond acceptors (Lipinski definition) is 6. The van der Waals surface area contributed by atoms with Crippen molar-refractivity contribution in [1.82, 2.24) is 0 Å². The molecule has 2 N–H and O–H groups in total. The Bertz CT molecular complexity index is 1230. The molecule has 4 rings (SSSR count). The molecule has 0 saturated heterocycles. The first-order chi connectivity index (χ1) is 17.6. The Morgan fingerprint density at radius 3 is 2.67 bits per heavy atom. The summed E-state index contributed by atoms with van der Waals surface area (Å²) in [5.41, 5.74) is 4.89. The zero-order valence-electron chi connectivity index (χ0n) is 20.4. The molecule has 2 aromatic carbocycles. The van der Waals surface area contributed by atoms with Crippen LogP contribution in [0.3, 0.4) is 0 Å². The van der Waals surface area contributed by atoms with Crippen LogP contribution in [0.5, 0.6) is 0 Å². The maximum atomic E-state index is 10.8. The van der Waals surface area contributed by atoms with Gasteiger partial charge in [-0.1, -0.05) is 36.4 Å². The molecule has 1 aliphatic carbocycles. The van der Waals surface area contributed by atoms with Crippen LogP contribution in [0.2, 0.25) is 0 Å². The Kier molecular flexibility index (Phi) is 9.53. The lowest BCUT2D eigenvalue weighted by Crippen LogP contribution is -2.02. The molecule has 186 valence electrons. The van der Waals surface area contributed by atoms with Gasteiger partial charge in [0.15, 0.2) is 0 Å². The molecule has 0 saturated carbocycles. The molecule has 36 heavy (non-hydrogen) atoms. The number of nitrogens with zero attached hydrogens (tertiary/aromatic N) is 2. The van der Waals surface area contributed by atoms with Gasteiger partial charge >= 0.3 is 5.97 Å². The van der Waals surface area contributed by atoms with Crippen molar-refractivity contribution in [1.29, 1.82) is 0 Å². The number of thioether (sulfide) groups is 1. The van der Waals surface area contributed by atoms with Crippen molar-refractivity contribution in [2.75, 3.05) is 18.1 Å². The summed E-state index contributed by atoms with van der Waals surface area (Å²) in [5.74, 6) is 0.578. The Labute approximate surface area is 221 Å². The van der Waals surface area contributed by atoms with Gasteiger partial charge in [0.25, 0.3) is 0 Å². The fourth-order valence-corrected chi connectivity index (χ4v) is 5.86. The second-order valence-electron chi connectivity index (χ2n) is 8.63. The molecule has 0 aliphatic heterocycles. The first-order valence-electron chi connectivity index (χ1n) is 12.2. The van der Waals surface area contributed by atoms with E-state index in [0.29, 0.717) is 5.92 Å². The molecule has 1 heterocycles. The highest BCUT2D eigenvalue weighted by Gasteiger charge is 2.18. The normalized spacial score (nSPS) is 15.5. The van der Waals surface area contributed by atoms with E-state index < -0.39 is 5.97 Å². The van der Waals surface area contributed by atoms with Crippen molar-refractivity contribution in [3.63, 3.8) is 0 Å². The van der Waals surface area contributed by atoms with Gasteiger partial charge in [0.2, 0.25) is 0 Å². The zero-order valence-corrected chi connectivity index (χ0v) is 22.0. The van der Waals surface area contributed by atoms with E-state index in [1.54, 1.807) is 11.3 Å². The van der Waals surface area contributed by atoms with Gasteiger partial charge in [0, 0.05) is 22.7 Å². The standard InChI is InChI=1S/C29H31N3O2S2/c1-30-25-8-2-3-9-26(25)31-32-27-20-23(28-10-6-18-36-28)14-13-22(27)7-4-5-17-35-24-15-11-21(12-16-24)19-29(33)34/h2-3,6,8-13,15-16,18,20,23,30H,4-5,7,14,17,19H2,1H3,(H,33,34). The van der Waals surface area contributed by atoms with E-state index in [2.05, 4.69) is 40.1 Å². The van der Waals surface area contributed by atoms with E-state index in [1.165, 1.54) is 15.3 Å². The largest absolute Gasteiger partial charge is 0.481 e. The monoisotopic (exact) mass is 517 g/mol. The molecule has 0 bridgehead atoms. The van der Waals surface area contributed by atoms with E-state index in [4.69, 9.17) is 10.2 Å². The fourth-order valence-electron chi connectivity index (χ4n) is 4.13. The molecule has 0 spiro atoms. The van der Waals surface area contributed by atoms with Gasteiger partial charge in [0.05, 0.1) is 17.8 Å². The number of benzene rings is 2. The number of carbonyl (C=O) groups is 1. The van der Waals surface area contributed by atoms with Crippen molar-refractivity contribution in [2.24, 2.45) is 10.2 Å². The zero-order chi connectivity index (χ0) is 25.2. The van der Waals surface area contributed by atoms with Gasteiger partial charge in [-0.15, -0.1) is 28.2 Å². The van der Waals surface area contributed by atoms with E-state index in [1.807, 2.05) is 67.3 Å². The molecule has 0 radical (unpaired) electrons. The summed E-state index contributed by atoms with van der Waals surface area (Å²) in [4.78, 5) is 13.4. The molecular formula is C29H31N3O2S2. The van der Waals surface area contributed by atoms with Crippen molar-refractivity contribution in [2.45, 2.75) is 42.9 Å². The van der Waals surface area contributed by atoms with Crippen LogP contribution in [0.25, 0.3) is 0 Å². The van der Waals surface area contributed by atoms with Crippen LogP contribution in [0.4, 0.5) is 11.4 Å². The summed E-state index contributed by atoms with van der Waals surface area (Å²) in [6, 6.07) is 20.1. The van der Waals surface area contributed by atoms with Crippen molar-refractivity contribution >= 4 is 40.4 Å². The molecule has 1 atom stereocenters. The number of carboxylic acid groups (broad SMARTS) is 1. The van der Waals surface area contributed by atoms with Gasteiger partial charge in [-0.05, 0) is 84.4 Å². The molecule has 0 amide bonds. The first kappa shape index (κ1) is 25.9. The summed E-state index contributed by atoms with van der Waals surface area (Å²) in [6.07, 6.45) is 8.85. The van der Waals surface area contributed by atoms with Crippen LogP contribution >= 0.6 is 23.1 Å². The van der Waals surface area contributed by atoms with Crippen LogP contribution in [-0.2, 0) is 11.2 Å². The lowest BCUT2D eigenvalue weighted by Gasteiger charge is -2.18. The highest BCUT2D eigenvalue weighted by atomic mass is 32.2. The van der Waals surface area contributed by atoms with Gasteiger partial charge in [0.1, 0.15) is 5.69 Å². The second kappa shape index (κ2) is 13.2. The number of azo groups is 1. The number of nitrogens with one attached hydrogen (secondary N) is 1. The molecule has 5 nitrogen and oxygen atoms in total. The highest BCUT2D eigenvalue weighted by Crippen LogP contribution is 2.36. The second-order valence-corrected chi connectivity index (χ2v) is 10.8. The van der Waals surface area contributed by atoms with E-state index in [9.17, 15) is 4.79 Å². The third-order valence-electron chi connectivity index (χ3n) is 6.04. The number of anilines is 1. The number of aliphatic carboxylic acids is 1. The van der Waals surface area contributed by atoms with Crippen LogP contribution in [0, 0.1) is 0 Å². The number of hydrogen-bond donors (Lipinski definition) is 2. The third-order valence-corrected chi connectivity index (χ3v) is 8.14. The quantitative estimate of drug-likeness (QED) is 0.144. The smallest absolute Gasteiger partial charge is 0.307 e. The SMILES string of the molecule is CNc1ccccc1N=NC1=CC(c2cccs2)CC=C1CCCCSc1ccc(CC(=O)O)cc1. The van der Waals surface area contributed by atoms with Crippen LogP contribution in [0.15, 0.2) is 105 Å². The maximum absolute atomic E-state index is 10.8. The Balaban J connectivity index is 1.35. The number of thiophene rings is 1. The average molecular weight is 518 g/mol. The molecule has 7 heteroatoms. The molecule has 3 aromatic rings. The summed E-state index contributed by atoms with van der Waals surface area (Å²) >= 11 is 3.61. The molecule has 0 fully saturated rings. The Morgan fingerprint density at radius 1 is 1.08 bits per heavy atom. The van der Waals surface area contributed by atoms with Gasteiger partial charge in [-0.2, -0.15) is 5.11 Å². The van der Waals surface area contributed by atoms with E-state index in [0.717, 1.165) is 54.1 Å². The van der Waals surface area contributed by atoms with Gasteiger partial charge in [-0.3, -0.25) is 4.79 Å². The number of rotatable bonds is 12. The van der Waals surface area contributed by atoms with Crippen LogP contribution in [-0.4, -0.2) is 23.9 Å². The van der Waals surface area contributed by atoms with Crippen molar-refractivity contribution in [3.8, 4) is 0 Å². The summed E-state index contributed by atoms with van der Waals surface area (Å²) in [6.45, 7) is 0. The minimum absolute atomic E-state index is 0.0706. The maximum Gasteiger partial charge on any atom is 0.307 e. The van der Waals surface area contributed by atoms with Crippen molar-refractivity contribution in [3.05, 3.63) is 99.9 Å². The lowest BCUT2D eigenvalue weighted by molar-refractivity contribution is -0.136. The molecular weight excluding hydrogens is 486 g/mol. The summed E-state index contributed by atoms with van der Waals surface area (Å²) in [7, 11) is 1.90. The number of para-hydroxylation sites is 1. The predicted octanol–water partition coefficient (Wildman–Crippen LogP) is 8.46. The summed E-state index contributed by atoms with van der Waals surface area (Å²) in [5, 5.41) is 23.5. The minimum atomic E-state index is -0.798.